The van der Waals surface area contributed by atoms with Gasteiger partial charge in [-0.15, -0.1) is 0 Å². The van der Waals surface area contributed by atoms with Gasteiger partial charge in [-0.3, -0.25) is 0 Å². The van der Waals surface area contributed by atoms with E-state index in [0.29, 0.717) is 10.8 Å². The largest absolute Gasteiger partial charge is 0.394 e. The summed E-state index contributed by atoms with van der Waals surface area (Å²) in [4.78, 5) is 15.1. The number of hydrogen-bond acceptors (Lipinski definition) is 3. The molecule has 0 aliphatic carbocycles. The highest BCUT2D eigenvalue weighted by molar-refractivity contribution is 6.29. The first kappa shape index (κ1) is 11.7. The van der Waals surface area contributed by atoms with Crippen molar-refractivity contribution in [2.24, 2.45) is 0 Å². The van der Waals surface area contributed by atoms with Gasteiger partial charge in [0.25, 0.3) is 0 Å². The molecule has 0 radical (unpaired) electrons. The van der Waals surface area contributed by atoms with E-state index in [1.807, 2.05) is 0 Å². The SMILES string of the molecule is CC(CO)NC(=O)Nc1ccnc(Cl)c1. The summed E-state index contributed by atoms with van der Waals surface area (Å²) >= 11 is 5.64. The van der Waals surface area contributed by atoms with E-state index < -0.39 is 0 Å². The van der Waals surface area contributed by atoms with Gasteiger partial charge in [-0.2, -0.15) is 0 Å². The molecule has 0 fully saturated rings. The first-order valence-electron chi connectivity index (χ1n) is 4.41. The topological polar surface area (TPSA) is 74.2 Å². The minimum atomic E-state index is -0.390. The maximum Gasteiger partial charge on any atom is 0.319 e. The van der Waals surface area contributed by atoms with Gasteiger partial charge in [0.2, 0.25) is 0 Å². The number of aliphatic hydroxyl groups excluding tert-OH is 1. The molecule has 0 saturated carbocycles. The molecule has 1 rings (SSSR count). The Morgan fingerprint density at radius 2 is 2.47 bits per heavy atom. The van der Waals surface area contributed by atoms with Gasteiger partial charge >= 0.3 is 6.03 Å². The summed E-state index contributed by atoms with van der Waals surface area (Å²) in [5, 5.41) is 14.1. The van der Waals surface area contributed by atoms with Gasteiger partial charge in [0.1, 0.15) is 5.15 Å². The maximum absolute atomic E-state index is 11.3. The molecule has 2 amide bonds. The molecule has 0 bridgehead atoms. The fraction of sp³-hybridized carbons (Fsp3) is 0.333. The molecule has 1 heterocycles. The first-order valence-corrected chi connectivity index (χ1v) is 4.79. The molecule has 5 nitrogen and oxygen atoms in total. The molecule has 0 aliphatic rings. The van der Waals surface area contributed by atoms with Crippen LogP contribution in [0.1, 0.15) is 6.92 Å². The number of nitrogens with zero attached hydrogens (tertiary/aromatic N) is 1. The van der Waals surface area contributed by atoms with E-state index in [1.165, 1.54) is 12.3 Å². The third kappa shape index (κ3) is 4.14. The van der Waals surface area contributed by atoms with Gasteiger partial charge in [0.05, 0.1) is 12.6 Å². The van der Waals surface area contributed by atoms with E-state index in [0.717, 1.165) is 0 Å². The van der Waals surface area contributed by atoms with Crippen LogP contribution >= 0.6 is 11.6 Å². The number of urea groups is 1. The Morgan fingerprint density at radius 3 is 3.07 bits per heavy atom. The number of nitrogens with one attached hydrogen (secondary N) is 2. The molecule has 3 N–H and O–H groups in total. The molecule has 1 atom stereocenters. The van der Waals surface area contributed by atoms with Crippen LogP contribution in [0.4, 0.5) is 10.5 Å². The van der Waals surface area contributed by atoms with Crippen LogP contribution in [0.3, 0.4) is 0 Å². The molecule has 1 unspecified atom stereocenters. The predicted molar refractivity (Wildman–Crippen MR) is 57.9 cm³/mol. The Balaban J connectivity index is 2.51. The normalized spacial score (nSPS) is 11.9. The third-order valence-corrected chi connectivity index (χ3v) is 1.84. The summed E-state index contributed by atoms with van der Waals surface area (Å²) in [5.74, 6) is 0. The van der Waals surface area contributed by atoms with Gasteiger partial charge in [-0.05, 0) is 19.1 Å². The number of aromatic nitrogens is 1. The van der Waals surface area contributed by atoms with E-state index in [1.54, 1.807) is 13.0 Å². The van der Waals surface area contributed by atoms with E-state index in [9.17, 15) is 4.79 Å². The van der Waals surface area contributed by atoms with Crippen LogP contribution in [0.15, 0.2) is 18.3 Å². The van der Waals surface area contributed by atoms with Crippen molar-refractivity contribution in [2.75, 3.05) is 11.9 Å². The summed E-state index contributed by atoms with van der Waals surface area (Å²) in [5.41, 5.74) is 0.553. The van der Waals surface area contributed by atoms with Gasteiger partial charge in [0, 0.05) is 11.9 Å². The summed E-state index contributed by atoms with van der Waals surface area (Å²) in [6.07, 6.45) is 1.49. The smallest absolute Gasteiger partial charge is 0.319 e. The average molecular weight is 230 g/mol. The van der Waals surface area contributed by atoms with E-state index in [4.69, 9.17) is 16.7 Å². The maximum atomic E-state index is 11.3. The van der Waals surface area contributed by atoms with Crippen molar-refractivity contribution in [1.82, 2.24) is 10.3 Å². The monoisotopic (exact) mass is 229 g/mol. The summed E-state index contributed by atoms with van der Waals surface area (Å²) in [7, 11) is 0. The predicted octanol–water partition coefficient (Wildman–Crippen LogP) is 1.24. The minimum absolute atomic E-state index is 0.107. The highest BCUT2D eigenvalue weighted by Crippen LogP contribution is 2.11. The lowest BCUT2D eigenvalue weighted by atomic mass is 10.4. The fourth-order valence-corrected chi connectivity index (χ4v) is 1.09. The van der Waals surface area contributed by atoms with Crippen LogP contribution < -0.4 is 10.6 Å². The summed E-state index contributed by atoms with van der Waals surface area (Å²) < 4.78 is 0. The second-order valence-corrected chi connectivity index (χ2v) is 3.44. The van der Waals surface area contributed by atoms with E-state index >= 15 is 0 Å². The lowest BCUT2D eigenvalue weighted by Crippen LogP contribution is -2.38. The molecule has 82 valence electrons. The molecule has 0 aromatic carbocycles. The zero-order valence-electron chi connectivity index (χ0n) is 8.20. The van der Waals surface area contributed by atoms with Gasteiger partial charge in [-0.1, -0.05) is 11.6 Å². The lowest BCUT2D eigenvalue weighted by Gasteiger charge is -2.11. The van der Waals surface area contributed by atoms with Crippen molar-refractivity contribution in [3.8, 4) is 0 Å². The molecular weight excluding hydrogens is 218 g/mol. The molecule has 0 spiro atoms. The number of anilines is 1. The molecule has 1 aromatic rings. The molecule has 1 aromatic heterocycles. The Morgan fingerprint density at radius 1 is 1.73 bits per heavy atom. The zero-order chi connectivity index (χ0) is 11.3. The second-order valence-electron chi connectivity index (χ2n) is 3.05. The van der Waals surface area contributed by atoms with Crippen LogP contribution in [0.25, 0.3) is 0 Å². The Kier molecular flexibility index (Phi) is 4.33. The van der Waals surface area contributed by atoms with Crippen LogP contribution in [0.5, 0.6) is 0 Å². The van der Waals surface area contributed by atoms with Crippen molar-refractivity contribution >= 4 is 23.3 Å². The average Bonchev–Trinajstić information content (AvgIpc) is 2.17. The fourth-order valence-electron chi connectivity index (χ4n) is 0.917. The number of hydrogen-bond donors (Lipinski definition) is 3. The Labute approximate surface area is 92.5 Å². The highest BCUT2D eigenvalue weighted by Gasteiger charge is 2.05. The lowest BCUT2D eigenvalue weighted by molar-refractivity contribution is 0.229. The number of rotatable bonds is 3. The summed E-state index contributed by atoms with van der Waals surface area (Å²) in [6.45, 7) is 1.59. The molecule has 15 heavy (non-hydrogen) atoms. The Bertz CT molecular complexity index is 346. The van der Waals surface area contributed by atoms with Gasteiger partial charge < -0.3 is 15.7 Å². The van der Waals surface area contributed by atoms with Crippen LogP contribution in [-0.4, -0.2) is 28.8 Å². The molecule has 0 aliphatic heterocycles. The van der Waals surface area contributed by atoms with Crippen molar-refractivity contribution < 1.29 is 9.90 Å². The van der Waals surface area contributed by atoms with E-state index in [2.05, 4.69) is 15.6 Å². The summed E-state index contributed by atoms with van der Waals surface area (Å²) in [6, 6.07) is 2.47. The van der Waals surface area contributed by atoms with Gasteiger partial charge in [-0.25, -0.2) is 9.78 Å². The minimum Gasteiger partial charge on any atom is -0.394 e. The van der Waals surface area contributed by atoms with Crippen LogP contribution in [-0.2, 0) is 0 Å². The van der Waals surface area contributed by atoms with Crippen molar-refractivity contribution in [1.29, 1.82) is 0 Å². The molecular formula is C9H12ClN3O2. The third-order valence-electron chi connectivity index (χ3n) is 1.64. The van der Waals surface area contributed by atoms with Crippen molar-refractivity contribution in [2.45, 2.75) is 13.0 Å². The van der Waals surface area contributed by atoms with E-state index in [-0.39, 0.29) is 18.7 Å². The number of pyridine rings is 1. The second kappa shape index (κ2) is 5.53. The Hall–Kier alpha value is -1.33. The number of carbonyl (C=O) groups excluding carboxylic acids is 1. The number of amides is 2. The zero-order valence-corrected chi connectivity index (χ0v) is 8.95. The van der Waals surface area contributed by atoms with Gasteiger partial charge in [0.15, 0.2) is 0 Å². The number of carbonyl (C=O) groups is 1. The van der Waals surface area contributed by atoms with Crippen molar-refractivity contribution in [3.05, 3.63) is 23.5 Å². The molecule has 0 saturated heterocycles. The molecule has 6 heteroatoms. The van der Waals surface area contributed by atoms with Crippen LogP contribution in [0, 0.1) is 0 Å². The standard InChI is InChI=1S/C9H12ClN3O2/c1-6(5-14)12-9(15)13-7-2-3-11-8(10)4-7/h2-4,6,14H,5H2,1H3,(H2,11,12,13,15). The highest BCUT2D eigenvalue weighted by atomic mass is 35.5. The number of aliphatic hydroxyl groups is 1. The first-order chi connectivity index (χ1) is 7.11. The van der Waals surface area contributed by atoms with Crippen LogP contribution in [0.2, 0.25) is 5.15 Å². The number of halogens is 1. The quantitative estimate of drug-likeness (QED) is 0.683. The van der Waals surface area contributed by atoms with Crippen molar-refractivity contribution in [3.63, 3.8) is 0 Å².